The van der Waals surface area contributed by atoms with Crippen molar-refractivity contribution in [3.8, 4) is 28.1 Å². The first-order valence-corrected chi connectivity index (χ1v) is 10.8. The molecule has 31 heavy (non-hydrogen) atoms. The second-order valence-electron chi connectivity index (χ2n) is 7.90. The molecule has 5 rings (SSSR count). The number of ether oxygens (including phenoxy) is 1. The second-order valence-corrected chi connectivity index (χ2v) is 7.90. The minimum Gasteiger partial charge on any atom is -0.497 e. The summed E-state index contributed by atoms with van der Waals surface area (Å²) in [6.07, 6.45) is 7.04. The van der Waals surface area contributed by atoms with E-state index in [1.807, 2.05) is 36.7 Å². The Hall–Kier alpha value is -3.22. The van der Waals surface area contributed by atoms with Crippen LogP contribution in [0.1, 0.15) is 12.1 Å². The van der Waals surface area contributed by atoms with E-state index in [4.69, 9.17) is 9.72 Å². The fraction of sp³-hybridized carbons (Fsp3) is 0.280. The Morgan fingerprint density at radius 1 is 0.903 bits per heavy atom. The number of nitrogens with one attached hydrogen (secondary N) is 1. The van der Waals surface area contributed by atoms with Crippen molar-refractivity contribution in [3.05, 3.63) is 72.8 Å². The molecule has 1 aromatic carbocycles. The highest BCUT2D eigenvalue weighted by molar-refractivity contribution is 5.70. The molecule has 4 aromatic rings. The van der Waals surface area contributed by atoms with E-state index >= 15 is 0 Å². The van der Waals surface area contributed by atoms with E-state index in [0.717, 1.165) is 72.9 Å². The lowest BCUT2D eigenvalue weighted by atomic mass is 10.1. The number of benzene rings is 1. The zero-order valence-electron chi connectivity index (χ0n) is 17.8. The predicted octanol–water partition coefficient (Wildman–Crippen LogP) is 3.87. The van der Waals surface area contributed by atoms with Crippen LogP contribution in [-0.2, 0) is 6.54 Å². The molecule has 6 heteroatoms. The van der Waals surface area contributed by atoms with E-state index in [9.17, 15) is 0 Å². The van der Waals surface area contributed by atoms with Crippen LogP contribution in [0.15, 0.2) is 67.1 Å². The van der Waals surface area contributed by atoms with E-state index < -0.39 is 0 Å². The van der Waals surface area contributed by atoms with Crippen LogP contribution in [0.5, 0.6) is 5.75 Å². The number of hydrogen-bond donors (Lipinski definition) is 1. The first kappa shape index (κ1) is 19.7. The molecule has 0 amide bonds. The molecule has 1 saturated heterocycles. The van der Waals surface area contributed by atoms with Crippen LogP contribution in [0.2, 0.25) is 0 Å². The number of fused-ring (bicyclic) bond motifs is 1. The van der Waals surface area contributed by atoms with Gasteiger partial charge in [0.15, 0.2) is 0 Å². The van der Waals surface area contributed by atoms with Gasteiger partial charge in [0.2, 0.25) is 0 Å². The maximum absolute atomic E-state index is 5.35. The van der Waals surface area contributed by atoms with E-state index in [1.54, 1.807) is 7.11 Å². The van der Waals surface area contributed by atoms with Crippen LogP contribution in [-0.4, -0.2) is 52.6 Å². The summed E-state index contributed by atoms with van der Waals surface area (Å²) in [6.45, 7) is 5.10. The standard InChI is InChI=1S/C25H27N5O/c1-31-22-6-3-20(4-7-22)25-23(18-29-15-2-11-26-14-16-29)30-17-21(5-8-24(30)28-25)19-9-12-27-13-10-19/h3-10,12-13,17,26H,2,11,14-16,18H2,1H3. The SMILES string of the molecule is COc1ccc(-c2nc3ccc(-c4ccncc4)cn3c2CN2CCCNCC2)cc1. The molecule has 1 fully saturated rings. The molecule has 1 aliphatic heterocycles. The molecule has 1 aliphatic rings. The fourth-order valence-corrected chi connectivity index (χ4v) is 4.21. The van der Waals surface area contributed by atoms with Gasteiger partial charge < -0.3 is 14.5 Å². The third-order valence-corrected chi connectivity index (χ3v) is 5.90. The van der Waals surface area contributed by atoms with Crippen molar-refractivity contribution < 1.29 is 4.74 Å². The smallest absolute Gasteiger partial charge is 0.137 e. The first-order valence-electron chi connectivity index (χ1n) is 10.8. The number of imidazole rings is 1. The summed E-state index contributed by atoms with van der Waals surface area (Å²) in [7, 11) is 1.69. The minimum absolute atomic E-state index is 0.854. The molecule has 158 valence electrons. The molecule has 0 radical (unpaired) electrons. The molecule has 0 bridgehead atoms. The molecule has 0 aliphatic carbocycles. The van der Waals surface area contributed by atoms with Crippen LogP contribution in [0.3, 0.4) is 0 Å². The van der Waals surface area contributed by atoms with Crippen molar-refractivity contribution in [3.63, 3.8) is 0 Å². The highest BCUT2D eigenvalue weighted by atomic mass is 16.5. The molecule has 0 spiro atoms. The summed E-state index contributed by atoms with van der Waals surface area (Å²) in [6, 6.07) is 16.5. The van der Waals surface area contributed by atoms with Gasteiger partial charge in [-0.2, -0.15) is 0 Å². The van der Waals surface area contributed by atoms with E-state index in [1.165, 1.54) is 5.69 Å². The summed E-state index contributed by atoms with van der Waals surface area (Å²) in [4.78, 5) is 11.7. The lowest BCUT2D eigenvalue weighted by Crippen LogP contribution is -2.28. The van der Waals surface area contributed by atoms with Crippen LogP contribution < -0.4 is 10.1 Å². The van der Waals surface area contributed by atoms with Gasteiger partial charge in [0.1, 0.15) is 11.4 Å². The molecule has 6 nitrogen and oxygen atoms in total. The maximum Gasteiger partial charge on any atom is 0.137 e. The molecule has 1 N–H and O–H groups in total. The van der Waals surface area contributed by atoms with Gasteiger partial charge in [-0.1, -0.05) is 0 Å². The zero-order valence-corrected chi connectivity index (χ0v) is 17.8. The number of aromatic nitrogens is 3. The number of rotatable bonds is 5. The van der Waals surface area contributed by atoms with Gasteiger partial charge in [-0.05, 0) is 79.2 Å². The molecule has 0 atom stereocenters. The van der Waals surface area contributed by atoms with E-state index in [2.05, 4.69) is 50.1 Å². The third-order valence-electron chi connectivity index (χ3n) is 5.90. The molecular weight excluding hydrogens is 386 g/mol. The van der Waals surface area contributed by atoms with Gasteiger partial charge in [0, 0.05) is 43.8 Å². The normalized spacial score (nSPS) is 15.1. The van der Waals surface area contributed by atoms with E-state index in [0.29, 0.717) is 0 Å². The average molecular weight is 414 g/mol. The topological polar surface area (TPSA) is 54.7 Å². The Bertz CT molecular complexity index is 1150. The molecule has 4 heterocycles. The van der Waals surface area contributed by atoms with Gasteiger partial charge in [-0.15, -0.1) is 0 Å². The van der Waals surface area contributed by atoms with Gasteiger partial charge in [0.05, 0.1) is 18.5 Å². The van der Waals surface area contributed by atoms with Crippen LogP contribution >= 0.6 is 0 Å². The van der Waals surface area contributed by atoms with Crippen molar-refractivity contribution in [1.29, 1.82) is 0 Å². The number of pyridine rings is 2. The summed E-state index contributed by atoms with van der Waals surface area (Å²) in [5.74, 6) is 0.854. The highest BCUT2D eigenvalue weighted by Crippen LogP contribution is 2.29. The number of nitrogens with zero attached hydrogens (tertiary/aromatic N) is 4. The minimum atomic E-state index is 0.854. The van der Waals surface area contributed by atoms with Crippen LogP contribution in [0, 0.1) is 0 Å². The second kappa shape index (κ2) is 8.88. The molecular formula is C25H27N5O. The largest absolute Gasteiger partial charge is 0.497 e. The first-order chi connectivity index (χ1) is 15.3. The number of hydrogen-bond acceptors (Lipinski definition) is 5. The lowest BCUT2D eigenvalue weighted by Gasteiger charge is -2.20. The fourth-order valence-electron chi connectivity index (χ4n) is 4.21. The van der Waals surface area contributed by atoms with Gasteiger partial charge >= 0.3 is 0 Å². The monoisotopic (exact) mass is 413 g/mol. The Morgan fingerprint density at radius 2 is 1.71 bits per heavy atom. The zero-order chi connectivity index (χ0) is 21.0. The summed E-state index contributed by atoms with van der Waals surface area (Å²) >= 11 is 0. The summed E-state index contributed by atoms with van der Waals surface area (Å²) < 4.78 is 7.61. The van der Waals surface area contributed by atoms with Crippen molar-refractivity contribution in [2.24, 2.45) is 0 Å². The Labute approximate surface area is 182 Å². The molecule has 0 unspecified atom stereocenters. The van der Waals surface area contributed by atoms with Crippen LogP contribution in [0.25, 0.3) is 28.0 Å². The summed E-state index contributed by atoms with van der Waals surface area (Å²) in [5, 5.41) is 3.50. The molecule has 3 aromatic heterocycles. The Morgan fingerprint density at radius 3 is 2.52 bits per heavy atom. The van der Waals surface area contributed by atoms with Crippen molar-refractivity contribution in [1.82, 2.24) is 24.6 Å². The summed E-state index contributed by atoms with van der Waals surface area (Å²) in [5.41, 5.74) is 6.64. The van der Waals surface area contributed by atoms with Crippen molar-refractivity contribution >= 4 is 5.65 Å². The predicted molar refractivity (Wildman–Crippen MR) is 123 cm³/mol. The quantitative estimate of drug-likeness (QED) is 0.538. The van der Waals surface area contributed by atoms with Crippen molar-refractivity contribution in [2.75, 3.05) is 33.3 Å². The Balaban J connectivity index is 1.61. The van der Waals surface area contributed by atoms with Gasteiger partial charge in [0.25, 0.3) is 0 Å². The third kappa shape index (κ3) is 4.17. The van der Waals surface area contributed by atoms with Gasteiger partial charge in [-0.3, -0.25) is 9.88 Å². The molecule has 0 saturated carbocycles. The lowest BCUT2D eigenvalue weighted by molar-refractivity contribution is 0.281. The van der Waals surface area contributed by atoms with Crippen LogP contribution in [0.4, 0.5) is 0 Å². The van der Waals surface area contributed by atoms with E-state index in [-0.39, 0.29) is 0 Å². The highest BCUT2D eigenvalue weighted by Gasteiger charge is 2.19. The number of methoxy groups -OCH3 is 1. The average Bonchev–Trinajstić information content (AvgIpc) is 2.98. The van der Waals surface area contributed by atoms with Gasteiger partial charge in [-0.25, -0.2) is 4.98 Å². The van der Waals surface area contributed by atoms with Crippen molar-refractivity contribution in [2.45, 2.75) is 13.0 Å². The maximum atomic E-state index is 5.35. The Kier molecular flexibility index (Phi) is 5.65.